The molecule has 0 aliphatic heterocycles. The highest BCUT2D eigenvalue weighted by Gasteiger charge is 2.45. The van der Waals surface area contributed by atoms with Gasteiger partial charge < -0.3 is 20.1 Å². The smallest absolute Gasteiger partial charge is 0.426 e. The number of hydrogen-bond donors (Lipinski definition) is 2. The zero-order chi connectivity index (χ0) is 38.5. The first-order valence-corrected chi connectivity index (χ1v) is 13.5. The number of nitrogens with zero attached hydrogens (tertiary/aromatic N) is 4. The molecule has 51 heavy (non-hydrogen) atoms. The third-order valence-electron chi connectivity index (χ3n) is 5.92. The molecule has 2 aromatic carbocycles. The number of nitrogens with one attached hydrogen (secondary N) is 2. The molecule has 4 rings (SSSR count). The number of hydrogen-bond acceptors (Lipinski definition) is 6. The normalized spacial score (nSPS) is 12.1. The largest absolute Gasteiger partial charge is 0.461 e. The van der Waals surface area contributed by atoms with Crippen LogP contribution in [0.3, 0.4) is 0 Å². The molecule has 278 valence electrons. The van der Waals surface area contributed by atoms with Crippen LogP contribution in [-0.2, 0) is 20.3 Å². The van der Waals surface area contributed by atoms with Gasteiger partial charge in [-0.05, 0) is 24.3 Å². The molecular weight excluding hydrogens is 731 g/mol. The van der Waals surface area contributed by atoms with E-state index in [1.165, 1.54) is 25.2 Å². The predicted molar refractivity (Wildman–Crippen MR) is 148 cm³/mol. The summed E-state index contributed by atoms with van der Waals surface area (Å²) < 4.78 is 175. The number of benzene rings is 2. The summed E-state index contributed by atoms with van der Waals surface area (Å²) in [5.74, 6) is -4.01. The highest BCUT2D eigenvalue weighted by Crippen LogP contribution is 2.35. The van der Waals surface area contributed by atoms with Crippen molar-refractivity contribution in [2.75, 3.05) is 10.6 Å². The number of halogens is 13. The molecule has 10 nitrogen and oxygen atoms in total. The van der Waals surface area contributed by atoms with Crippen LogP contribution in [0.4, 0.5) is 68.5 Å². The van der Waals surface area contributed by atoms with E-state index in [1.807, 2.05) is 5.32 Å². The molecule has 0 radical (unpaired) electrons. The van der Waals surface area contributed by atoms with Crippen molar-refractivity contribution in [2.45, 2.75) is 37.7 Å². The molecule has 0 saturated carbocycles. The molecule has 0 spiro atoms. The van der Waals surface area contributed by atoms with Gasteiger partial charge in [0.15, 0.2) is 5.69 Å². The van der Waals surface area contributed by atoms with Crippen LogP contribution >= 0.6 is 0 Å². The van der Waals surface area contributed by atoms with E-state index in [1.54, 1.807) is 0 Å². The number of ether oxygens (including phenoxy) is 2. The molecular formula is C28H21F13N6O4. The summed E-state index contributed by atoms with van der Waals surface area (Å²) in [5.41, 5.74) is -4.58. The van der Waals surface area contributed by atoms with Crippen LogP contribution in [0.5, 0.6) is 11.5 Å². The number of amides is 2. The number of alkyl halides is 13. The average Bonchev–Trinajstić information content (AvgIpc) is 3.62. The highest BCUT2D eigenvalue weighted by atomic mass is 19.4. The van der Waals surface area contributed by atoms with E-state index in [2.05, 4.69) is 25.0 Å². The summed E-state index contributed by atoms with van der Waals surface area (Å²) in [7, 11) is 2.45. The Bertz CT molecular complexity index is 1830. The fourth-order valence-corrected chi connectivity index (χ4v) is 3.79. The predicted octanol–water partition coefficient (Wildman–Crippen LogP) is 7.77. The first-order valence-electron chi connectivity index (χ1n) is 13.5. The third kappa shape index (κ3) is 10.3. The van der Waals surface area contributed by atoms with Crippen molar-refractivity contribution in [2.24, 2.45) is 14.1 Å². The number of aromatic nitrogens is 4. The standard InChI is InChI=1S/C14H10F7N3O2.C14H11F6N3O2/c1-24-6-7(10(23-24)13(17,18)19)11(25)22-8-4-2-3-5-9(8)26-14(20,21)12(15)16;1-23-6-7(10(22-23)11(15)16)12(24)21-8-4-2-3-5-9(8)25-14(19,20)13(17)18/h2-6,12H,1H3,(H,22,25);2-6,11,13H,1H3,(H,21,24). The Morgan fingerprint density at radius 2 is 1.04 bits per heavy atom. The third-order valence-corrected chi connectivity index (χ3v) is 5.92. The van der Waals surface area contributed by atoms with Gasteiger partial charge in [-0.2, -0.15) is 58.5 Å². The van der Waals surface area contributed by atoms with Crippen LogP contribution in [-0.4, -0.2) is 56.4 Å². The molecule has 0 aliphatic rings. The Labute approximate surface area is 276 Å². The molecule has 2 heterocycles. The van der Waals surface area contributed by atoms with Crippen molar-refractivity contribution in [1.29, 1.82) is 0 Å². The van der Waals surface area contributed by atoms with Crippen molar-refractivity contribution in [3.05, 3.63) is 83.4 Å². The fraction of sp³-hybridized carbons (Fsp3) is 0.286. The quantitative estimate of drug-likeness (QED) is 0.152. The van der Waals surface area contributed by atoms with Crippen molar-refractivity contribution in [3.63, 3.8) is 0 Å². The van der Waals surface area contributed by atoms with E-state index in [-0.39, 0.29) is 0 Å². The van der Waals surface area contributed by atoms with Gasteiger partial charge in [-0.25, -0.2) is 8.78 Å². The second-order valence-corrected chi connectivity index (χ2v) is 9.79. The molecule has 0 unspecified atom stereocenters. The molecule has 0 saturated heterocycles. The van der Waals surface area contributed by atoms with Crippen LogP contribution in [0.15, 0.2) is 60.9 Å². The first kappa shape index (κ1) is 39.9. The van der Waals surface area contributed by atoms with Crippen molar-refractivity contribution in [1.82, 2.24) is 19.6 Å². The fourth-order valence-electron chi connectivity index (χ4n) is 3.79. The Hall–Kier alpha value is -5.51. The van der Waals surface area contributed by atoms with Crippen LogP contribution in [0.1, 0.15) is 38.5 Å². The Morgan fingerprint density at radius 3 is 1.45 bits per heavy atom. The van der Waals surface area contributed by atoms with Crippen molar-refractivity contribution in [3.8, 4) is 11.5 Å². The van der Waals surface area contributed by atoms with Gasteiger partial charge in [0.25, 0.3) is 18.2 Å². The Morgan fingerprint density at radius 1 is 0.647 bits per heavy atom. The van der Waals surface area contributed by atoms with Gasteiger partial charge in [0.05, 0.1) is 22.5 Å². The lowest BCUT2D eigenvalue weighted by Crippen LogP contribution is -2.33. The Balaban J connectivity index is 0.000000276. The number of aryl methyl sites for hydroxylation is 2. The van der Waals surface area contributed by atoms with E-state index >= 15 is 0 Å². The maximum atomic E-state index is 13.0. The zero-order valence-corrected chi connectivity index (χ0v) is 25.3. The van der Waals surface area contributed by atoms with Crippen LogP contribution in [0.2, 0.25) is 0 Å². The van der Waals surface area contributed by atoms with Gasteiger partial charge in [-0.15, -0.1) is 0 Å². The van der Waals surface area contributed by atoms with E-state index in [0.717, 1.165) is 59.1 Å². The van der Waals surface area contributed by atoms with Crippen LogP contribution in [0, 0.1) is 0 Å². The molecule has 0 aliphatic carbocycles. The minimum Gasteiger partial charge on any atom is -0.426 e. The van der Waals surface area contributed by atoms with Gasteiger partial charge in [-0.3, -0.25) is 19.0 Å². The SMILES string of the molecule is Cn1cc(C(=O)Nc2ccccc2OC(F)(F)C(F)F)c(C(F)(F)F)n1.Cn1cc(C(=O)Nc2ccccc2OC(F)(F)C(F)F)c(C(F)F)n1. The highest BCUT2D eigenvalue weighted by molar-refractivity contribution is 6.06. The minimum atomic E-state index is -4.94. The molecule has 4 aromatic rings. The maximum Gasteiger partial charge on any atom is 0.461 e. The number of carbonyl (C=O) groups is 2. The van der Waals surface area contributed by atoms with Gasteiger partial charge in [0, 0.05) is 26.5 Å². The molecule has 2 aromatic heterocycles. The average molecular weight is 752 g/mol. The summed E-state index contributed by atoms with van der Waals surface area (Å²) in [4.78, 5) is 24.2. The summed E-state index contributed by atoms with van der Waals surface area (Å²) in [6.45, 7) is 0. The van der Waals surface area contributed by atoms with Gasteiger partial charge >= 0.3 is 31.2 Å². The monoisotopic (exact) mass is 752 g/mol. The number of para-hydroxylation sites is 4. The Kier molecular flexibility index (Phi) is 12.2. The molecule has 0 fully saturated rings. The van der Waals surface area contributed by atoms with E-state index in [9.17, 15) is 66.7 Å². The minimum absolute atomic E-state index is 0.392. The van der Waals surface area contributed by atoms with E-state index in [0.29, 0.717) is 0 Å². The summed E-state index contributed by atoms with van der Waals surface area (Å²) in [5, 5.41) is 10.6. The molecule has 2 amide bonds. The number of rotatable bonds is 11. The van der Waals surface area contributed by atoms with E-state index in [4.69, 9.17) is 0 Å². The number of anilines is 2. The van der Waals surface area contributed by atoms with Crippen LogP contribution in [0.25, 0.3) is 0 Å². The number of carbonyl (C=O) groups excluding carboxylic acids is 2. The topological polar surface area (TPSA) is 112 Å². The molecule has 0 atom stereocenters. The summed E-state index contributed by atoms with van der Waals surface area (Å²) >= 11 is 0. The van der Waals surface area contributed by atoms with E-state index < -0.39 is 94.9 Å². The van der Waals surface area contributed by atoms with Gasteiger partial charge in [0.1, 0.15) is 17.2 Å². The molecule has 2 N–H and O–H groups in total. The first-order chi connectivity index (χ1) is 23.5. The molecule has 23 heteroatoms. The summed E-state index contributed by atoms with van der Waals surface area (Å²) in [6.07, 6.45) is -24.1. The van der Waals surface area contributed by atoms with Crippen molar-refractivity contribution >= 4 is 23.2 Å². The second-order valence-electron chi connectivity index (χ2n) is 9.79. The van der Waals surface area contributed by atoms with Gasteiger partial charge in [0.2, 0.25) is 0 Å². The maximum absolute atomic E-state index is 13.0. The van der Waals surface area contributed by atoms with Crippen LogP contribution < -0.4 is 20.1 Å². The lowest BCUT2D eigenvalue weighted by atomic mass is 10.2. The second kappa shape index (κ2) is 15.6. The summed E-state index contributed by atoms with van der Waals surface area (Å²) in [6, 6.07) is 8.75. The zero-order valence-electron chi connectivity index (χ0n) is 25.3. The van der Waals surface area contributed by atoms with Gasteiger partial charge in [-0.1, -0.05) is 24.3 Å². The lowest BCUT2D eigenvalue weighted by molar-refractivity contribution is -0.253. The lowest BCUT2D eigenvalue weighted by Gasteiger charge is -2.19. The molecule has 0 bridgehead atoms. The van der Waals surface area contributed by atoms with Crippen molar-refractivity contribution < 1.29 is 76.1 Å².